The van der Waals surface area contributed by atoms with Gasteiger partial charge in [-0.2, -0.15) is 0 Å². The summed E-state index contributed by atoms with van der Waals surface area (Å²) in [4.78, 5) is 0. The normalized spacial score (nSPS) is 10.1. The molecule has 0 bridgehead atoms. The van der Waals surface area contributed by atoms with Gasteiger partial charge in [0.15, 0.2) is 0 Å². The van der Waals surface area contributed by atoms with Gasteiger partial charge in [0.2, 0.25) is 0 Å². The summed E-state index contributed by atoms with van der Waals surface area (Å²) < 4.78 is 0. The summed E-state index contributed by atoms with van der Waals surface area (Å²) in [6.45, 7) is 11.2. The van der Waals surface area contributed by atoms with E-state index in [9.17, 15) is 0 Å². The monoisotopic (exact) mass is 147 g/mol. The van der Waals surface area contributed by atoms with E-state index in [0.29, 0.717) is 0 Å². The maximum atomic E-state index is 5.21. The van der Waals surface area contributed by atoms with E-state index in [1.165, 1.54) is 0 Å². The maximum absolute atomic E-state index is 5.21. The molecule has 1 heteroatoms. The van der Waals surface area contributed by atoms with Crippen molar-refractivity contribution in [2.75, 3.05) is 0 Å². The number of allylic oxidation sites excluding steroid dienone is 3. The van der Waals surface area contributed by atoms with Gasteiger partial charge >= 0.3 is 0 Å². The maximum Gasteiger partial charge on any atom is 0.0464 e. The lowest BCUT2D eigenvalue weighted by molar-refractivity contribution is 1.00. The van der Waals surface area contributed by atoms with E-state index in [-0.39, 0.29) is 0 Å². The lowest BCUT2D eigenvalue weighted by atomic mass is 10.2. The predicted octanol–water partition coefficient (Wildman–Crippen LogP) is 2.20. The Morgan fingerprint density at radius 3 is 2.36 bits per heavy atom. The number of hydrogen-bond donors (Lipinski definition) is 1. The minimum Gasteiger partial charge on any atom is -0.359 e. The molecule has 0 heterocycles. The summed E-state index contributed by atoms with van der Waals surface area (Å²) >= 11 is 0. The summed E-state index contributed by atoms with van der Waals surface area (Å²) in [6, 6.07) is 0. The van der Waals surface area contributed by atoms with Crippen molar-refractivity contribution < 1.29 is 0 Å². The highest BCUT2D eigenvalue weighted by molar-refractivity contribution is 5.42. The summed E-state index contributed by atoms with van der Waals surface area (Å²) in [5.41, 5.74) is 2.33. The van der Waals surface area contributed by atoms with Crippen LogP contribution in [-0.4, -0.2) is 0 Å². The van der Waals surface area contributed by atoms with Gasteiger partial charge in [-0.25, -0.2) is 0 Å². The molecule has 0 amide bonds. The van der Waals surface area contributed by atoms with Crippen molar-refractivity contribution in [3.63, 3.8) is 0 Å². The van der Waals surface area contributed by atoms with Crippen LogP contribution in [0, 0.1) is 12.3 Å². The first-order valence-electron chi connectivity index (χ1n) is 3.36. The predicted molar refractivity (Wildman–Crippen MR) is 49.7 cm³/mol. The Kier molecular flexibility index (Phi) is 3.84. The third-order valence-electron chi connectivity index (χ3n) is 1.13. The average molecular weight is 147 g/mol. The van der Waals surface area contributed by atoms with Crippen molar-refractivity contribution >= 4 is 0 Å². The fraction of sp³-hybridized carbons (Fsp3) is 0.200. The average Bonchev–Trinajstić information content (AvgIpc) is 1.88. The molecule has 0 fully saturated rings. The van der Waals surface area contributed by atoms with Gasteiger partial charge in [-0.15, -0.1) is 6.42 Å². The molecule has 0 unspecified atom stereocenters. The van der Waals surface area contributed by atoms with Gasteiger partial charge in [0.25, 0.3) is 0 Å². The van der Waals surface area contributed by atoms with Crippen molar-refractivity contribution in [2.45, 2.75) is 13.8 Å². The van der Waals surface area contributed by atoms with E-state index >= 15 is 0 Å². The second kappa shape index (κ2) is 4.40. The Morgan fingerprint density at radius 2 is 2.09 bits per heavy atom. The first kappa shape index (κ1) is 9.58. The minimum atomic E-state index is 0.725. The Bertz CT molecular complexity index is 238. The summed E-state index contributed by atoms with van der Waals surface area (Å²) in [5.74, 6) is 2.51. The highest BCUT2D eigenvalue weighted by atomic mass is 14.9. The highest BCUT2D eigenvalue weighted by Gasteiger charge is 1.95. The second-order valence-electron chi connectivity index (χ2n) is 2.23. The van der Waals surface area contributed by atoms with Crippen molar-refractivity contribution in [1.82, 2.24) is 5.32 Å². The molecule has 58 valence electrons. The molecule has 0 atom stereocenters. The molecule has 0 aliphatic heterocycles. The zero-order valence-corrected chi connectivity index (χ0v) is 7.07. The van der Waals surface area contributed by atoms with Crippen LogP contribution in [0.4, 0.5) is 0 Å². The smallest absolute Gasteiger partial charge is 0.0464 e. The van der Waals surface area contributed by atoms with Gasteiger partial charge < -0.3 is 5.32 Å². The van der Waals surface area contributed by atoms with Crippen molar-refractivity contribution in [3.05, 3.63) is 36.2 Å². The van der Waals surface area contributed by atoms with Crippen molar-refractivity contribution in [3.8, 4) is 12.3 Å². The Labute approximate surface area is 68.5 Å². The van der Waals surface area contributed by atoms with Crippen LogP contribution in [0.1, 0.15) is 13.8 Å². The van der Waals surface area contributed by atoms with E-state index in [0.717, 1.165) is 17.0 Å². The largest absolute Gasteiger partial charge is 0.359 e. The quantitative estimate of drug-likeness (QED) is 0.476. The van der Waals surface area contributed by atoms with Gasteiger partial charge in [0.1, 0.15) is 0 Å². The number of terminal acetylenes is 1. The highest BCUT2D eigenvalue weighted by Crippen LogP contribution is 2.03. The fourth-order valence-corrected chi connectivity index (χ4v) is 0.670. The van der Waals surface area contributed by atoms with Crippen LogP contribution in [0.25, 0.3) is 0 Å². The zero-order chi connectivity index (χ0) is 8.85. The first-order chi connectivity index (χ1) is 5.11. The molecule has 0 aromatic heterocycles. The molecule has 0 saturated heterocycles. The van der Waals surface area contributed by atoms with Crippen LogP contribution in [0.2, 0.25) is 0 Å². The molecule has 0 saturated carbocycles. The molecular formula is C10H13N. The van der Waals surface area contributed by atoms with E-state index in [1.54, 1.807) is 0 Å². The van der Waals surface area contributed by atoms with Crippen LogP contribution >= 0.6 is 0 Å². The first-order valence-corrected chi connectivity index (χ1v) is 3.36. The molecule has 0 rings (SSSR count). The Morgan fingerprint density at radius 1 is 1.55 bits per heavy atom. The lowest BCUT2D eigenvalue weighted by Crippen LogP contribution is -2.09. The molecule has 0 aromatic carbocycles. The van der Waals surface area contributed by atoms with Crippen LogP contribution in [-0.2, 0) is 0 Å². The molecule has 0 radical (unpaired) electrons. The minimum absolute atomic E-state index is 0.725. The van der Waals surface area contributed by atoms with Crippen molar-refractivity contribution in [1.29, 1.82) is 0 Å². The van der Waals surface area contributed by atoms with Gasteiger partial charge in [0, 0.05) is 17.0 Å². The van der Waals surface area contributed by atoms with E-state index in [2.05, 4.69) is 24.4 Å². The zero-order valence-electron chi connectivity index (χ0n) is 7.07. The summed E-state index contributed by atoms with van der Waals surface area (Å²) in [6.07, 6.45) is 7.04. The fourth-order valence-electron chi connectivity index (χ4n) is 0.670. The SMILES string of the molecule is C#C/C(=C/C)C(=C)NC(=C)C. The van der Waals surface area contributed by atoms with E-state index < -0.39 is 0 Å². The van der Waals surface area contributed by atoms with Crippen LogP contribution in [0.3, 0.4) is 0 Å². The van der Waals surface area contributed by atoms with Crippen LogP contribution in [0.5, 0.6) is 0 Å². The Hall–Kier alpha value is -1.42. The van der Waals surface area contributed by atoms with E-state index in [4.69, 9.17) is 6.42 Å². The van der Waals surface area contributed by atoms with Gasteiger partial charge in [0.05, 0.1) is 0 Å². The van der Waals surface area contributed by atoms with Gasteiger partial charge in [-0.05, 0) is 13.8 Å². The topological polar surface area (TPSA) is 12.0 Å². The molecule has 0 spiro atoms. The molecule has 1 nitrogen and oxygen atoms in total. The second-order valence-corrected chi connectivity index (χ2v) is 2.23. The van der Waals surface area contributed by atoms with Crippen LogP contribution < -0.4 is 5.32 Å². The van der Waals surface area contributed by atoms with Gasteiger partial charge in [-0.1, -0.05) is 25.2 Å². The molecule has 0 aromatic rings. The number of nitrogens with one attached hydrogen (secondary N) is 1. The lowest BCUT2D eigenvalue weighted by Gasteiger charge is -2.06. The van der Waals surface area contributed by atoms with Crippen LogP contribution in [0.15, 0.2) is 36.2 Å². The van der Waals surface area contributed by atoms with Crippen molar-refractivity contribution in [2.24, 2.45) is 0 Å². The third kappa shape index (κ3) is 3.32. The summed E-state index contributed by atoms with van der Waals surface area (Å²) in [5, 5.41) is 2.94. The Balaban J connectivity index is 4.28. The summed E-state index contributed by atoms with van der Waals surface area (Å²) in [7, 11) is 0. The molecule has 1 N–H and O–H groups in total. The third-order valence-corrected chi connectivity index (χ3v) is 1.13. The molecular weight excluding hydrogens is 134 g/mol. The standard InChI is InChI=1S/C10H13N/c1-6-10(7-2)9(5)11-8(3)4/h1,7,11H,3,5H2,2,4H3/b10-7-. The van der Waals surface area contributed by atoms with Gasteiger partial charge in [-0.3, -0.25) is 0 Å². The number of rotatable bonds is 3. The van der Waals surface area contributed by atoms with E-state index in [1.807, 2.05) is 19.9 Å². The molecule has 0 aliphatic rings. The molecule has 0 aliphatic carbocycles. The molecule has 11 heavy (non-hydrogen) atoms. The number of hydrogen-bond acceptors (Lipinski definition) is 1.